The molecule has 28 heavy (non-hydrogen) atoms. The Labute approximate surface area is 160 Å². The van der Waals surface area contributed by atoms with E-state index >= 15 is 0 Å². The summed E-state index contributed by atoms with van der Waals surface area (Å²) in [5.74, 6) is 1.02. The van der Waals surface area contributed by atoms with E-state index in [0.717, 1.165) is 22.1 Å². The molecule has 8 heteroatoms. The zero-order valence-corrected chi connectivity index (χ0v) is 14.8. The number of rotatable bonds is 4. The first-order valence-corrected chi connectivity index (χ1v) is 8.60. The van der Waals surface area contributed by atoms with Gasteiger partial charge in [0.2, 0.25) is 5.96 Å². The van der Waals surface area contributed by atoms with E-state index in [0.29, 0.717) is 17.3 Å². The van der Waals surface area contributed by atoms with Gasteiger partial charge in [0, 0.05) is 16.8 Å². The fraction of sp³-hybridized carbons (Fsp3) is 0.0500. The molecule has 0 aliphatic rings. The van der Waals surface area contributed by atoms with E-state index in [1.54, 1.807) is 12.1 Å². The maximum atomic E-state index is 8.97. The maximum Gasteiger partial charge on any atom is 0.200 e. The molecular weight excluding hydrogens is 352 g/mol. The number of aliphatic imine (C=N–C) groups is 1. The lowest BCUT2D eigenvalue weighted by Crippen LogP contribution is -2.22. The third-order valence-electron chi connectivity index (χ3n) is 4.09. The van der Waals surface area contributed by atoms with Crippen LogP contribution in [0.1, 0.15) is 11.4 Å². The standard InChI is InChI=1S/C20H16N8/c21-12-14-8-10-16(11-9-14)23-20(22-13-19-25-27-28-26-19)24-18-7-3-5-15-4-1-2-6-17(15)18/h1-11H,13H2,(H2,22,23,24)(H,25,26,27,28). The predicted molar refractivity (Wildman–Crippen MR) is 108 cm³/mol. The molecule has 0 aliphatic carbocycles. The van der Waals surface area contributed by atoms with Crippen molar-refractivity contribution in [2.24, 2.45) is 4.99 Å². The average Bonchev–Trinajstić information content (AvgIpc) is 3.26. The Morgan fingerprint density at radius 3 is 2.61 bits per heavy atom. The summed E-state index contributed by atoms with van der Waals surface area (Å²) in [5.41, 5.74) is 2.32. The Hall–Kier alpha value is -4.25. The molecule has 3 aromatic carbocycles. The third-order valence-corrected chi connectivity index (χ3v) is 4.09. The molecule has 3 N–H and O–H groups in total. The Balaban J connectivity index is 1.63. The van der Waals surface area contributed by atoms with Gasteiger partial charge in [0.25, 0.3) is 0 Å². The Kier molecular flexibility index (Phi) is 4.89. The van der Waals surface area contributed by atoms with Gasteiger partial charge in [-0.1, -0.05) is 41.6 Å². The van der Waals surface area contributed by atoms with Gasteiger partial charge in [-0.05, 0) is 35.7 Å². The number of guanidine groups is 1. The highest BCUT2D eigenvalue weighted by molar-refractivity contribution is 6.08. The van der Waals surface area contributed by atoms with Crippen LogP contribution in [0.15, 0.2) is 71.7 Å². The molecule has 4 rings (SSSR count). The van der Waals surface area contributed by atoms with Crippen molar-refractivity contribution in [3.63, 3.8) is 0 Å². The molecule has 136 valence electrons. The zero-order chi connectivity index (χ0) is 19.2. The number of nitriles is 1. The first kappa shape index (κ1) is 17.2. The zero-order valence-electron chi connectivity index (χ0n) is 14.8. The summed E-state index contributed by atoms with van der Waals surface area (Å²) < 4.78 is 0. The van der Waals surface area contributed by atoms with E-state index in [1.165, 1.54) is 0 Å². The lowest BCUT2D eigenvalue weighted by atomic mass is 10.1. The van der Waals surface area contributed by atoms with E-state index in [1.807, 2.05) is 36.4 Å². The molecule has 8 nitrogen and oxygen atoms in total. The number of aromatic amines is 1. The van der Waals surface area contributed by atoms with Gasteiger partial charge in [-0.15, -0.1) is 10.2 Å². The van der Waals surface area contributed by atoms with Crippen LogP contribution in [-0.2, 0) is 6.54 Å². The van der Waals surface area contributed by atoms with Crippen LogP contribution in [-0.4, -0.2) is 26.6 Å². The van der Waals surface area contributed by atoms with Gasteiger partial charge >= 0.3 is 0 Å². The van der Waals surface area contributed by atoms with Crippen molar-refractivity contribution in [2.45, 2.75) is 6.54 Å². The van der Waals surface area contributed by atoms with Gasteiger partial charge in [0.15, 0.2) is 5.82 Å². The summed E-state index contributed by atoms with van der Waals surface area (Å²) in [6.45, 7) is 0.257. The minimum atomic E-state index is 0.257. The molecule has 0 saturated heterocycles. The van der Waals surface area contributed by atoms with Crippen molar-refractivity contribution in [3.8, 4) is 6.07 Å². The number of benzene rings is 3. The Morgan fingerprint density at radius 2 is 1.82 bits per heavy atom. The number of H-pyrrole nitrogens is 1. The van der Waals surface area contributed by atoms with Crippen molar-refractivity contribution in [1.82, 2.24) is 20.6 Å². The molecule has 0 bridgehead atoms. The Morgan fingerprint density at radius 1 is 1.00 bits per heavy atom. The number of aromatic nitrogens is 4. The molecule has 0 atom stereocenters. The van der Waals surface area contributed by atoms with E-state index in [-0.39, 0.29) is 6.54 Å². The van der Waals surface area contributed by atoms with E-state index < -0.39 is 0 Å². The fourth-order valence-corrected chi connectivity index (χ4v) is 2.74. The van der Waals surface area contributed by atoms with E-state index in [9.17, 15) is 0 Å². The second kappa shape index (κ2) is 7.97. The number of hydrogen-bond acceptors (Lipinski definition) is 5. The highest BCUT2D eigenvalue weighted by Crippen LogP contribution is 2.23. The normalized spacial score (nSPS) is 11.2. The van der Waals surface area contributed by atoms with Gasteiger partial charge in [-0.3, -0.25) is 0 Å². The first-order valence-electron chi connectivity index (χ1n) is 8.60. The minimum absolute atomic E-state index is 0.257. The highest BCUT2D eigenvalue weighted by atomic mass is 15.5. The molecule has 0 aliphatic heterocycles. The number of hydrogen-bond donors (Lipinski definition) is 3. The van der Waals surface area contributed by atoms with Crippen molar-refractivity contribution >= 4 is 28.1 Å². The second-order valence-corrected chi connectivity index (χ2v) is 5.96. The molecular formula is C20H16N8. The first-order chi connectivity index (χ1) is 13.8. The minimum Gasteiger partial charge on any atom is -0.326 e. The van der Waals surface area contributed by atoms with Crippen LogP contribution in [0.25, 0.3) is 10.8 Å². The lowest BCUT2D eigenvalue weighted by Gasteiger charge is -2.14. The molecule has 0 unspecified atom stereocenters. The Bertz CT molecular complexity index is 1140. The predicted octanol–water partition coefficient (Wildman–Crippen LogP) is 3.30. The summed E-state index contributed by atoms with van der Waals surface area (Å²) in [7, 11) is 0. The molecule has 0 amide bonds. The van der Waals surface area contributed by atoms with Gasteiger partial charge < -0.3 is 10.6 Å². The number of nitrogens with one attached hydrogen (secondary N) is 3. The number of nitrogens with zero attached hydrogens (tertiary/aromatic N) is 5. The van der Waals surface area contributed by atoms with Crippen molar-refractivity contribution < 1.29 is 0 Å². The van der Waals surface area contributed by atoms with Gasteiger partial charge in [-0.2, -0.15) is 10.5 Å². The summed E-state index contributed by atoms with van der Waals surface area (Å²) in [5, 5.41) is 31.6. The maximum absolute atomic E-state index is 8.97. The molecule has 4 aromatic rings. The van der Waals surface area contributed by atoms with Crippen molar-refractivity contribution in [1.29, 1.82) is 5.26 Å². The summed E-state index contributed by atoms with van der Waals surface area (Å²) in [6.07, 6.45) is 0. The molecule has 0 saturated carbocycles. The van der Waals surface area contributed by atoms with Crippen LogP contribution in [0.3, 0.4) is 0 Å². The quantitative estimate of drug-likeness (QED) is 0.376. The van der Waals surface area contributed by atoms with Crippen molar-refractivity contribution in [2.75, 3.05) is 10.6 Å². The van der Waals surface area contributed by atoms with Crippen LogP contribution in [0.5, 0.6) is 0 Å². The topological polar surface area (TPSA) is 115 Å². The molecule has 1 aromatic heterocycles. The summed E-state index contributed by atoms with van der Waals surface area (Å²) >= 11 is 0. The molecule has 0 fully saturated rings. The van der Waals surface area contributed by atoms with E-state index in [4.69, 9.17) is 5.26 Å². The molecule has 0 spiro atoms. The fourth-order valence-electron chi connectivity index (χ4n) is 2.74. The molecule has 1 heterocycles. The SMILES string of the molecule is N#Cc1ccc(NC(=NCc2nn[nH]n2)Nc2cccc3ccccc23)cc1. The number of anilines is 2. The van der Waals surface area contributed by atoms with Gasteiger partial charge in [0.1, 0.15) is 6.54 Å². The highest BCUT2D eigenvalue weighted by Gasteiger charge is 2.06. The molecule has 0 radical (unpaired) electrons. The van der Waals surface area contributed by atoms with Crippen LogP contribution in [0.2, 0.25) is 0 Å². The smallest absolute Gasteiger partial charge is 0.200 e. The number of tetrazole rings is 1. The van der Waals surface area contributed by atoms with Crippen LogP contribution in [0.4, 0.5) is 11.4 Å². The van der Waals surface area contributed by atoms with Gasteiger partial charge in [0.05, 0.1) is 11.6 Å². The van der Waals surface area contributed by atoms with E-state index in [2.05, 4.69) is 60.5 Å². The van der Waals surface area contributed by atoms with Gasteiger partial charge in [-0.25, -0.2) is 4.99 Å². The summed E-state index contributed by atoms with van der Waals surface area (Å²) in [6, 6.07) is 23.4. The third kappa shape index (κ3) is 3.94. The summed E-state index contributed by atoms with van der Waals surface area (Å²) in [4.78, 5) is 4.55. The lowest BCUT2D eigenvalue weighted by molar-refractivity contribution is 0.881. The van der Waals surface area contributed by atoms with Crippen LogP contribution in [0, 0.1) is 11.3 Å². The monoisotopic (exact) mass is 368 g/mol. The van der Waals surface area contributed by atoms with Crippen molar-refractivity contribution in [3.05, 3.63) is 78.1 Å². The second-order valence-electron chi connectivity index (χ2n) is 5.96. The number of fused-ring (bicyclic) bond motifs is 1. The van der Waals surface area contributed by atoms with Crippen LogP contribution >= 0.6 is 0 Å². The average molecular weight is 368 g/mol. The largest absolute Gasteiger partial charge is 0.326 e. The van der Waals surface area contributed by atoms with Crippen LogP contribution < -0.4 is 10.6 Å².